The van der Waals surface area contributed by atoms with Gasteiger partial charge in [0, 0.05) is 0 Å². The van der Waals surface area contributed by atoms with Crippen molar-refractivity contribution in [2.75, 3.05) is 0 Å². The van der Waals surface area contributed by atoms with Gasteiger partial charge in [-0.25, -0.2) is 0 Å². The van der Waals surface area contributed by atoms with Crippen molar-refractivity contribution in [3.63, 3.8) is 0 Å². The van der Waals surface area contributed by atoms with Crippen LogP contribution >= 0.6 is 11.6 Å². The molecule has 1 aromatic carbocycles. The SMILES string of the molecule is CC(C)Cc1cccc(OC(C)OC(C)Cl)c1CC(C)C. The fourth-order valence-corrected chi connectivity index (χ4v) is 2.61. The van der Waals surface area contributed by atoms with Gasteiger partial charge in [0.2, 0.25) is 0 Å². The number of hydrogen-bond acceptors (Lipinski definition) is 2. The summed E-state index contributed by atoms with van der Waals surface area (Å²) in [7, 11) is 0. The minimum atomic E-state index is -0.354. The molecule has 2 atom stereocenters. The second-order valence-electron chi connectivity index (χ2n) is 6.45. The van der Waals surface area contributed by atoms with E-state index in [2.05, 4.69) is 39.8 Å². The quantitative estimate of drug-likeness (QED) is 0.472. The van der Waals surface area contributed by atoms with Crippen LogP contribution in [-0.4, -0.2) is 11.9 Å². The van der Waals surface area contributed by atoms with E-state index in [1.165, 1.54) is 11.1 Å². The lowest BCUT2D eigenvalue weighted by molar-refractivity contribution is -0.0761. The average Bonchev–Trinajstić information content (AvgIpc) is 2.30. The maximum atomic E-state index is 5.97. The molecule has 1 aromatic rings. The van der Waals surface area contributed by atoms with Crippen LogP contribution in [0, 0.1) is 11.8 Å². The average molecular weight is 313 g/mol. The molecular weight excluding hydrogens is 284 g/mol. The lowest BCUT2D eigenvalue weighted by Gasteiger charge is -2.22. The molecule has 0 radical (unpaired) electrons. The smallest absolute Gasteiger partial charge is 0.198 e. The number of benzene rings is 1. The monoisotopic (exact) mass is 312 g/mol. The molecule has 0 aliphatic heterocycles. The van der Waals surface area contributed by atoms with Crippen molar-refractivity contribution in [2.45, 2.75) is 66.2 Å². The van der Waals surface area contributed by atoms with Gasteiger partial charge in [0.25, 0.3) is 0 Å². The van der Waals surface area contributed by atoms with Crippen LogP contribution in [0.5, 0.6) is 5.75 Å². The summed E-state index contributed by atoms with van der Waals surface area (Å²) in [6.45, 7) is 12.6. The molecule has 0 amide bonds. The molecule has 0 saturated carbocycles. The van der Waals surface area contributed by atoms with Crippen LogP contribution in [0.2, 0.25) is 0 Å². The Morgan fingerprint density at radius 3 is 2.10 bits per heavy atom. The van der Waals surface area contributed by atoms with Gasteiger partial charge in [0.15, 0.2) is 6.29 Å². The summed E-state index contributed by atoms with van der Waals surface area (Å²) in [5.74, 6) is 2.14. The Morgan fingerprint density at radius 1 is 0.952 bits per heavy atom. The molecule has 3 heteroatoms. The van der Waals surface area contributed by atoms with E-state index in [1.807, 2.05) is 13.0 Å². The first-order chi connectivity index (χ1) is 9.79. The first kappa shape index (κ1) is 18.3. The first-order valence-corrected chi connectivity index (χ1v) is 8.30. The lowest BCUT2D eigenvalue weighted by Crippen LogP contribution is -2.20. The van der Waals surface area contributed by atoms with E-state index in [9.17, 15) is 0 Å². The Morgan fingerprint density at radius 2 is 1.57 bits per heavy atom. The van der Waals surface area contributed by atoms with E-state index in [0.717, 1.165) is 18.6 Å². The molecule has 0 saturated heterocycles. The summed E-state index contributed by atoms with van der Waals surface area (Å²) in [5.41, 5.74) is 2.33. The molecule has 2 unspecified atom stereocenters. The van der Waals surface area contributed by atoms with Crippen molar-refractivity contribution in [3.05, 3.63) is 29.3 Å². The molecule has 120 valence electrons. The number of halogens is 1. The van der Waals surface area contributed by atoms with Crippen molar-refractivity contribution in [2.24, 2.45) is 11.8 Å². The highest BCUT2D eigenvalue weighted by Gasteiger charge is 2.15. The normalized spacial score (nSPS) is 14.5. The molecule has 2 nitrogen and oxygen atoms in total. The molecular formula is C18H29ClO2. The Labute approximate surface area is 134 Å². The third kappa shape index (κ3) is 6.71. The zero-order valence-electron chi connectivity index (χ0n) is 14.2. The van der Waals surface area contributed by atoms with Crippen molar-refractivity contribution >= 4 is 11.6 Å². The van der Waals surface area contributed by atoms with Crippen LogP contribution in [-0.2, 0) is 17.6 Å². The molecule has 0 spiro atoms. The van der Waals surface area contributed by atoms with E-state index in [1.54, 1.807) is 6.92 Å². The molecule has 0 bridgehead atoms. The van der Waals surface area contributed by atoms with Gasteiger partial charge in [-0.2, -0.15) is 0 Å². The number of alkyl halides is 1. The highest BCUT2D eigenvalue weighted by molar-refractivity contribution is 6.19. The molecule has 0 heterocycles. The third-order valence-electron chi connectivity index (χ3n) is 3.14. The predicted octanol–water partition coefficient (Wildman–Crippen LogP) is 5.41. The Kier molecular flexibility index (Phi) is 7.55. The zero-order valence-corrected chi connectivity index (χ0v) is 14.9. The molecule has 0 N–H and O–H groups in total. The van der Waals surface area contributed by atoms with Gasteiger partial charge in [-0.1, -0.05) is 51.4 Å². The fraction of sp³-hybridized carbons (Fsp3) is 0.667. The van der Waals surface area contributed by atoms with Crippen LogP contribution < -0.4 is 4.74 Å². The van der Waals surface area contributed by atoms with Crippen LogP contribution in [0.4, 0.5) is 0 Å². The summed E-state index contributed by atoms with van der Waals surface area (Å²) in [5, 5.41) is 0. The van der Waals surface area contributed by atoms with Crippen LogP contribution in [0.1, 0.15) is 52.7 Å². The van der Waals surface area contributed by atoms with Crippen molar-refractivity contribution in [3.8, 4) is 5.75 Å². The van der Waals surface area contributed by atoms with Crippen LogP contribution in [0.25, 0.3) is 0 Å². The Bertz CT molecular complexity index is 427. The van der Waals surface area contributed by atoms with Gasteiger partial charge in [-0.05, 0) is 55.7 Å². The van der Waals surface area contributed by atoms with Gasteiger partial charge in [0.1, 0.15) is 11.3 Å². The van der Waals surface area contributed by atoms with E-state index in [0.29, 0.717) is 11.8 Å². The largest absolute Gasteiger partial charge is 0.465 e. The minimum absolute atomic E-state index is 0.349. The van der Waals surface area contributed by atoms with Crippen LogP contribution in [0.3, 0.4) is 0 Å². The summed E-state index contributed by atoms with van der Waals surface area (Å²) in [4.78, 5) is 0. The summed E-state index contributed by atoms with van der Waals surface area (Å²) in [6.07, 6.45) is 1.74. The topological polar surface area (TPSA) is 18.5 Å². The predicted molar refractivity (Wildman–Crippen MR) is 90.0 cm³/mol. The standard InChI is InChI=1S/C18H29ClO2/c1-12(2)10-16-8-7-9-18(17(16)11-13(3)4)21-15(6)20-14(5)19/h7-9,12-15H,10-11H2,1-6H3. The molecule has 0 aliphatic carbocycles. The third-order valence-corrected chi connectivity index (χ3v) is 3.25. The molecule has 0 fully saturated rings. The fourth-order valence-electron chi connectivity index (χ4n) is 2.46. The van der Waals surface area contributed by atoms with Gasteiger partial charge in [-0.15, -0.1) is 0 Å². The van der Waals surface area contributed by atoms with Crippen molar-refractivity contribution in [1.29, 1.82) is 0 Å². The molecule has 0 aromatic heterocycles. The minimum Gasteiger partial charge on any atom is -0.465 e. The molecule has 21 heavy (non-hydrogen) atoms. The van der Waals surface area contributed by atoms with Gasteiger partial charge < -0.3 is 9.47 Å². The van der Waals surface area contributed by atoms with Crippen LogP contribution in [0.15, 0.2) is 18.2 Å². The first-order valence-electron chi connectivity index (χ1n) is 7.86. The highest BCUT2D eigenvalue weighted by atomic mass is 35.5. The number of rotatable bonds is 8. The molecule has 1 rings (SSSR count). The lowest BCUT2D eigenvalue weighted by atomic mass is 9.92. The maximum absolute atomic E-state index is 5.97. The second kappa shape index (κ2) is 8.65. The highest BCUT2D eigenvalue weighted by Crippen LogP contribution is 2.28. The van der Waals surface area contributed by atoms with E-state index < -0.39 is 0 Å². The van der Waals surface area contributed by atoms with Crippen molar-refractivity contribution in [1.82, 2.24) is 0 Å². The Hall–Kier alpha value is -0.730. The number of ether oxygens (including phenoxy) is 2. The van der Waals surface area contributed by atoms with Gasteiger partial charge in [0.05, 0.1) is 0 Å². The maximum Gasteiger partial charge on any atom is 0.198 e. The van der Waals surface area contributed by atoms with Gasteiger partial charge in [-0.3, -0.25) is 0 Å². The molecule has 0 aliphatic rings. The number of hydrogen-bond donors (Lipinski definition) is 0. The van der Waals surface area contributed by atoms with E-state index in [-0.39, 0.29) is 11.9 Å². The van der Waals surface area contributed by atoms with Gasteiger partial charge >= 0.3 is 0 Å². The Balaban J connectivity index is 3.00. The van der Waals surface area contributed by atoms with Crippen molar-refractivity contribution < 1.29 is 9.47 Å². The van der Waals surface area contributed by atoms with E-state index >= 15 is 0 Å². The summed E-state index contributed by atoms with van der Waals surface area (Å²) in [6, 6.07) is 6.30. The summed E-state index contributed by atoms with van der Waals surface area (Å²) < 4.78 is 11.5. The summed E-state index contributed by atoms with van der Waals surface area (Å²) >= 11 is 5.86. The van der Waals surface area contributed by atoms with E-state index in [4.69, 9.17) is 21.1 Å². The second-order valence-corrected chi connectivity index (χ2v) is 7.07. The zero-order chi connectivity index (χ0) is 16.0.